The van der Waals surface area contributed by atoms with Gasteiger partial charge in [-0.25, -0.2) is 0 Å². The largest absolute Gasteiger partial charge is 1.00 e. The lowest BCUT2D eigenvalue weighted by atomic mass is 10.2. The fourth-order valence-corrected chi connectivity index (χ4v) is 4.22. The number of halogens is 1. The van der Waals surface area contributed by atoms with Crippen LogP contribution in [-0.2, 0) is 4.74 Å². The Kier molecular flexibility index (Phi) is 10.1. The third-order valence-electron chi connectivity index (χ3n) is 6.18. The summed E-state index contributed by atoms with van der Waals surface area (Å²) in [5, 5.41) is 9.47. The molecule has 1 fully saturated rings. The maximum atomic E-state index is 5.88. The number of hydrogen-bond donors (Lipinski definition) is 0. The van der Waals surface area contributed by atoms with Crippen molar-refractivity contribution >= 4 is 29.9 Å². The molecular formula is C29H38ClN7O. The molecule has 1 saturated heterocycles. The van der Waals surface area contributed by atoms with Crippen LogP contribution in [0.2, 0.25) is 0 Å². The van der Waals surface area contributed by atoms with Crippen LogP contribution >= 0.6 is 0 Å². The first-order valence-electron chi connectivity index (χ1n) is 12.6. The Balaban J connectivity index is 0.00000400. The smallest absolute Gasteiger partial charge is 0.334 e. The zero-order valence-corrected chi connectivity index (χ0v) is 23.8. The van der Waals surface area contributed by atoms with Gasteiger partial charge in [-0.15, -0.1) is 0 Å². The number of anilines is 2. The molecule has 1 aliphatic heterocycles. The van der Waals surface area contributed by atoms with Gasteiger partial charge in [0.2, 0.25) is 0 Å². The molecule has 0 aliphatic carbocycles. The fourth-order valence-electron chi connectivity index (χ4n) is 4.22. The van der Waals surface area contributed by atoms with Crippen molar-refractivity contribution in [2.45, 2.75) is 26.1 Å². The highest BCUT2D eigenvalue weighted by atomic mass is 35.5. The Morgan fingerprint density at radius 2 is 1.37 bits per heavy atom. The van der Waals surface area contributed by atoms with E-state index in [1.165, 1.54) is 0 Å². The van der Waals surface area contributed by atoms with E-state index in [0.29, 0.717) is 0 Å². The number of hydrogen-bond acceptors (Lipinski definition) is 6. The molecule has 4 rings (SSSR count). The van der Waals surface area contributed by atoms with E-state index in [1.54, 1.807) is 0 Å². The van der Waals surface area contributed by atoms with Gasteiger partial charge in [-0.2, -0.15) is 0 Å². The quantitative estimate of drug-likeness (QED) is 0.316. The van der Waals surface area contributed by atoms with Crippen LogP contribution in [0.5, 0.6) is 0 Å². The number of morpholine rings is 1. The fraction of sp³-hybridized carbons (Fsp3) is 0.345. The second kappa shape index (κ2) is 13.3. The second-order valence-corrected chi connectivity index (χ2v) is 9.83. The molecular weight excluding hydrogens is 498 g/mol. The Hall–Kier alpha value is -3.62. The molecule has 9 heteroatoms. The average Bonchev–Trinajstić information content (AvgIpc) is 3.26. The molecule has 1 aliphatic rings. The summed E-state index contributed by atoms with van der Waals surface area (Å²) in [6.45, 7) is 5.92. The van der Waals surface area contributed by atoms with Crippen LogP contribution in [-0.4, -0.2) is 75.5 Å². The molecule has 2 atom stereocenters. The summed E-state index contributed by atoms with van der Waals surface area (Å²) < 4.78 is 9.57. The van der Waals surface area contributed by atoms with Crippen molar-refractivity contribution in [3.63, 3.8) is 0 Å². The van der Waals surface area contributed by atoms with Crippen molar-refractivity contribution in [3.8, 4) is 0 Å². The first-order valence-corrected chi connectivity index (χ1v) is 12.6. The van der Waals surface area contributed by atoms with Gasteiger partial charge in [0.1, 0.15) is 0 Å². The lowest BCUT2D eigenvalue weighted by Gasteiger charge is -2.34. The van der Waals surface area contributed by atoms with E-state index in [1.807, 2.05) is 62.4 Å². The Morgan fingerprint density at radius 1 is 0.842 bits per heavy atom. The van der Waals surface area contributed by atoms with Crippen molar-refractivity contribution in [1.82, 2.24) is 9.58 Å². The van der Waals surface area contributed by atoms with Gasteiger partial charge in [0.05, 0.1) is 24.6 Å². The van der Waals surface area contributed by atoms with Crippen LogP contribution in [0.25, 0.3) is 6.08 Å². The van der Waals surface area contributed by atoms with Crippen molar-refractivity contribution in [2.75, 3.05) is 51.1 Å². The molecule has 1 aromatic heterocycles. The van der Waals surface area contributed by atoms with Crippen molar-refractivity contribution in [2.24, 2.45) is 10.2 Å². The summed E-state index contributed by atoms with van der Waals surface area (Å²) in [6.07, 6.45) is 12.1. The Morgan fingerprint density at radius 3 is 1.89 bits per heavy atom. The molecule has 3 aromatic rings. The van der Waals surface area contributed by atoms with Crippen LogP contribution in [0.4, 0.5) is 11.4 Å². The Labute approximate surface area is 232 Å². The van der Waals surface area contributed by atoms with Crippen LogP contribution in [0.3, 0.4) is 0 Å². The summed E-state index contributed by atoms with van der Waals surface area (Å²) in [6, 6.07) is 16.6. The normalized spacial score (nSPS) is 17.9. The predicted molar refractivity (Wildman–Crippen MR) is 153 cm³/mol. The SMILES string of the molecule is C[C@@H]1CN(C=Cc2n(N=Cc3ccc(N(C)C)cc3)cc[n+]2N=Cc2ccc(N(C)C)cc2)C[C@H](C)O1.[Cl-]. The zero-order chi connectivity index (χ0) is 26.4. The molecule has 8 nitrogen and oxygen atoms in total. The molecule has 2 aromatic carbocycles. The summed E-state index contributed by atoms with van der Waals surface area (Å²) >= 11 is 0. The van der Waals surface area contributed by atoms with Gasteiger partial charge in [-0.1, -0.05) is 43.8 Å². The van der Waals surface area contributed by atoms with Crippen molar-refractivity contribution in [3.05, 3.63) is 84.1 Å². The third kappa shape index (κ3) is 7.69. The minimum absolute atomic E-state index is 0. The molecule has 0 bridgehead atoms. The second-order valence-electron chi connectivity index (χ2n) is 9.83. The first kappa shape index (κ1) is 28.9. The van der Waals surface area contributed by atoms with E-state index < -0.39 is 0 Å². The maximum Gasteiger partial charge on any atom is 0.334 e. The number of aromatic nitrogens is 2. The van der Waals surface area contributed by atoms with Crippen LogP contribution in [0.15, 0.2) is 77.3 Å². The zero-order valence-electron chi connectivity index (χ0n) is 23.1. The van der Waals surface area contributed by atoms with Crippen LogP contribution < -0.4 is 26.9 Å². The van der Waals surface area contributed by atoms with Gasteiger partial charge >= 0.3 is 5.82 Å². The van der Waals surface area contributed by atoms with E-state index in [-0.39, 0.29) is 24.6 Å². The molecule has 202 valence electrons. The van der Waals surface area contributed by atoms with Crippen molar-refractivity contribution in [1.29, 1.82) is 0 Å². The molecule has 38 heavy (non-hydrogen) atoms. The molecule has 0 saturated carbocycles. The molecule has 0 N–H and O–H groups in total. The summed E-state index contributed by atoms with van der Waals surface area (Å²) in [7, 11) is 8.14. The number of rotatable bonds is 8. The van der Waals surface area contributed by atoms with Gasteiger partial charge in [-0.3, -0.25) is 0 Å². The first-order chi connectivity index (χ1) is 17.8. The Bertz CT molecular complexity index is 1160. The average molecular weight is 536 g/mol. The van der Waals surface area contributed by atoms with Crippen LogP contribution in [0.1, 0.15) is 30.8 Å². The molecule has 0 spiro atoms. The predicted octanol–water partition coefficient (Wildman–Crippen LogP) is 0.756. The highest BCUT2D eigenvalue weighted by Gasteiger charge is 2.21. The number of imidazole rings is 1. The number of benzene rings is 2. The number of ether oxygens (including phenoxy) is 1. The van der Waals surface area contributed by atoms with Crippen LogP contribution in [0, 0.1) is 0 Å². The van der Waals surface area contributed by atoms with E-state index in [0.717, 1.165) is 41.4 Å². The van der Waals surface area contributed by atoms with E-state index in [2.05, 4.69) is 89.4 Å². The third-order valence-corrected chi connectivity index (χ3v) is 6.18. The molecule has 0 unspecified atom stereocenters. The summed E-state index contributed by atoms with van der Waals surface area (Å²) in [5.74, 6) is 0.842. The van der Waals surface area contributed by atoms with Gasteiger partial charge in [-0.05, 0) is 49.2 Å². The lowest BCUT2D eigenvalue weighted by Crippen LogP contribution is -3.00. The molecule has 2 heterocycles. The maximum absolute atomic E-state index is 5.88. The lowest BCUT2D eigenvalue weighted by molar-refractivity contribution is -0.679. The monoisotopic (exact) mass is 535 g/mol. The molecule has 0 amide bonds. The van der Waals surface area contributed by atoms with Gasteiger partial charge < -0.3 is 31.8 Å². The van der Waals surface area contributed by atoms with Gasteiger partial charge in [0, 0.05) is 64.9 Å². The van der Waals surface area contributed by atoms with Gasteiger partial charge in [0.25, 0.3) is 0 Å². The van der Waals surface area contributed by atoms with Crippen molar-refractivity contribution < 1.29 is 21.8 Å². The van der Waals surface area contributed by atoms with E-state index in [9.17, 15) is 0 Å². The minimum atomic E-state index is 0. The minimum Gasteiger partial charge on any atom is -1.00 e. The standard InChI is InChI=1S/C29H38N7O.ClH/c1-23-21-34(22-24(2)37-23)16-15-29-35(30-19-25-7-11-27(12-8-25)32(3)4)17-18-36(29)31-20-26-9-13-28(14-10-26)33(5)6;/h7-20,23-24H,21-22H2,1-6H3;1H/q+1;/p-1/t23-,24+;. The number of nitrogens with zero attached hydrogens (tertiary/aromatic N) is 7. The van der Waals surface area contributed by atoms with E-state index >= 15 is 0 Å². The van der Waals surface area contributed by atoms with E-state index in [4.69, 9.17) is 14.9 Å². The van der Waals surface area contributed by atoms with Gasteiger partial charge in [0.15, 0.2) is 12.4 Å². The highest BCUT2D eigenvalue weighted by Crippen LogP contribution is 2.14. The summed E-state index contributed by atoms with van der Waals surface area (Å²) in [5.41, 5.74) is 4.37. The molecule has 0 radical (unpaired) electrons. The summed E-state index contributed by atoms with van der Waals surface area (Å²) in [4.78, 5) is 6.45. The topological polar surface area (TPSA) is 52.5 Å². The highest BCUT2D eigenvalue weighted by molar-refractivity contribution is 5.80.